The van der Waals surface area contributed by atoms with Gasteiger partial charge in [0.25, 0.3) is 0 Å². The number of methoxy groups -OCH3 is 2. The van der Waals surface area contributed by atoms with Gasteiger partial charge in [-0.25, -0.2) is 4.39 Å². The average Bonchev–Trinajstić information content (AvgIpc) is 2.57. The summed E-state index contributed by atoms with van der Waals surface area (Å²) in [5.41, 5.74) is 1.63. The third kappa shape index (κ3) is 3.64. The monoisotopic (exact) mass is 324 g/mol. The summed E-state index contributed by atoms with van der Waals surface area (Å²) in [6, 6.07) is 3.64. The molecule has 1 aromatic carbocycles. The van der Waals surface area contributed by atoms with Crippen molar-refractivity contribution in [1.82, 2.24) is 0 Å². The molecule has 128 valence electrons. The quantitative estimate of drug-likeness (QED) is 0.596. The second kappa shape index (κ2) is 7.75. The van der Waals surface area contributed by atoms with Crippen molar-refractivity contribution in [1.29, 1.82) is 0 Å². The highest BCUT2D eigenvalue weighted by atomic mass is 19.1. The van der Waals surface area contributed by atoms with Gasteiger partial charge in [-0.05, 0) is 31.4 Å². The number of aryl methyl sites for hydroxylation is 1. The number of hydrogen-bond acceptors (Lipinski definition) is 4. The van der Waals surface area contributed by atoms with Crippen molar-refractivity contribution >= 4 is 17.8 Å². The first kappa shape index (κ1) is 17.7. The van der Waals surface area contributed by atoms with Crippen LogP contribution in [0.1, 0.15) is 18.4 Å². The Balaban J connectivity index is 2.17. The van der Waals surface area contributed by atoms with Crippen LogP contribution in [0.2, 0.25) is 0 Å². The Kier molecular flexibility index (Phi) is 5.96. The number of halogens is 1. The maximum atomic E-state index is 14.9. The fourth-order valence-corrected chi connectivity index (χ4v) is 3.27. The molecule has 0 aromatic heterocycles. The Morgan fingerprint density at radius 1 is 1.30 bits per heavy atom. The Morgan fingerprint density at radius 2 is 1.91 bits per heavy atom. The highest BCUT2D eigenvalue weighted by Crippen LogP contribution is 2.33. The van der Waals surface area contributed by atoms with E-state index in [-0.39, 0.29) is 12.1 Å². The summed E-state index contributed by atoms with van der Waals surface area (Å²) < 4.78 is 25.5. The predicted octanol–water partition coefficient (Wildman–Crippen LogP) is 2.56. The summed E-state index contributed by atoms with van der Waals surface area (Å²) in [6.07, 6.45) is 2.16. The number of carbonyl (C=O) groups is 1. The number of carbonyl (C=O) groups excluding carboxylic acids is 1. The maximum absolute atomic E-state index is 14.9. The third-order valence-corrected chi connectivity index (χ3v) is 4.54. The van der Waals surface area contributed by atoms with Gasteiger partial charge in [-0.15, -0.1) is 0 Å². The number of nitrogens with zero attached hydrogens (tertiary/aromatic N) is 2. The molecule has 2 rings (SSSR count). The van der Waals surface area contributed by atoms with Gasteiger partial charge in [0.15, 0.2) is 12.1 Å². The third-order valence-electron chi connectivity index (χ3n) is 4.54. The molecule has 5 nitrogen and oxygen atoms in total. The van der Waals surface area contributed by atoms with Gasteiger partial charge < -0.3 is 19.3 Å². The first-order valence-electron chi connectivity index (χ1n) is 7.81. The Morgan fingerprint density at radius 3 is 2.43 bits per heavy atom. The van der Waals surface area contributed by atoms with Crippen LogP contribution in [0, 0.1) is 18.7 Å². The van der Waals surface area contributed by atoms with Crippen molar-refractivity contribution in [2.45, 2.75) is 26.1 Å². The molecule has 1 amide bonds. The summed E-state index contributed by atoms with van der Waals surface area (Å²) >= 11 is 0. The van der Waals surface area contributed by atoms with Gasteiger partial charge in [0.2, 0.25) is 6.41 Å². The lowest BCUT2D eigenvalue weighted by Gasteiger charge is -2.36. The van der Waals surface area contributed by atoms with Crippen LogP contribution in [0.15, 0.2) is 12.1 Å². The molecule has 1 fully saturated rings. The van der Waals surface area contributed by atoms with Crippen molar-refractivity contribution in [3.63, 3.8) is 0 Å². The van der Waals surface area contributed by atoms with E-state index in [0.29, 0.717) is 23.7 Å². The van der Waals surface area contributed by atoms with Crippen LogP contribution in [-0.4, -0.2) is 47.1 Å². The molecule has 0 spiro atoms. The lowest BCUT2D eigenvalue weighted by atomic mass is 9.95. The molecule has 0 bridgehead atoms. The summed E-state index contributed by atoms with van der Waals surface area (Å²) in [5.74, 6) is -0.0278. The topological polar surface area (TPSA) is 42.0 Å². The molecule has 1 heterocycles. The van der Waals surface area contributed by atoms with Crippen LogP contribution in [0.4, 0.5) is 15.8 Å². The van der Waals surface area contributed by atoms with Crippen molar-refractivity contribution in [2.24, 2.45) is 5.92 Å². The highest BCUT2D eigenvalue weighted by molar-refractivity contribution is 5.79. The molecule has 0 saturated carbocycles. The predicted molar refractivity (Wildman–Crippen MR) is 88.3 cm³/mol. The van der Waals surface area contributed by atoms with Crippen LogP contribution in [0.3, 0.4) is 0 Å². The second-order valence-electron chi connectivity index (χ2n) is 5.94. The minimum Gasteiger partial charge on any atom is -0.369 e. The van der Waals surface area contributed by atoms with E-state index >= 15 is 0 Å². The molecule has 1 saturated heterocycles. The van der Waals surface area contributed by atoms with E-state index < -0.39 is 0 Å². The van der Waals surface area contributed by atoms with E-state index in [0.717, 1.165) is 31.5 Å². The van der Waals surface area contributed by atoms with Crippen molar-refractivity contribution in [3.05, 3.63) is 23.5 Å². The minimum absolute atomic E-state index is 0.211. The summed E-state index contributed by atoms with van der Waals surface area (Å²) in [4.78, 5) is 14.3. The molecule has 1 aliphatic heterocycles. The van der Waals surface area contributed by atoms with E-state index in [1.165, 1.54) is 4.90 Å². The van der Waals surface area contributed by atoms with Gasteiger partial charge in [0.05, 0.1) is 11.4 Å². The lowest BCUT2D eigenvalue weighted by molar-refractivity contribution is -0.141. The second-order valence-corrected chi connectivity index (χ2v) is 5.94. The number of anilines is 2. The number of benzene rings is 1. The molecule has 23 heavy (non-hydrogen) atoms. The molecule has 1 aliphatic rings. The molecule has 0 radical (unpaired) electrons. The van der Waals surface area contributed by atoms with Gasteiger partial charge in [-0.3, -0.25) is 4.79 Å². The smallest absolute Gasteiger partial charge is 0.213 e. The fraction of sp³-hybridized carbons (Fsp3) is 0.588. The van der Waals surface area contributed by atoms with Crippen molar-refractivity contribution in [2.75, 3.05) is 44.2 Å². The number of ether oxygens (including phenoxy) is 2. The summed E-state index contributed by atoms with van der Waals surface area (Å²) in [5, 5.41) is 0. The lowest BCUT2D eigenvalue weighted by Crippen LogP contribution is -2.39. The Bertz CT molecular complexity index is 541. The van der Waals surface area contributed by atoms with Crippen LogP contribution in [0.5, 0.6) is 0 Å². The van der Waals surface area contributed by atoms with E-state index in [1.807, 2.05) is 11.0 Å². The van der Waals surface area contributed by atoms with Crippen LogP contribution in [-0.2, 0) is 14.3 Å². The van der Waals surface area contributed by atoms with E-state index in [4.69, 9.17) is 9.47 Å². The number of piperidine rings is 1. The van der Waals surface area contributed by atoms with Crippen LogP contribution >= 0.6 is 0 Å². The fourth-order valence-electron chi connectivity index (χ4n) is 3.27. The highest BCUT2D eigenvalue weighted by Gasteiger charge is 2.28. The van der Waals surface area contributed by atoms with E-state index in [2.05, 4.69) is 0 Å². The summed E-state index contributed by atoms with van der Waals surface area (Å²) in [6.45, 7) is 3.27. The standard InChI is InChI=1S/C17H25FN2O3/c1-12-5-6-14(15(18)16(12)19(2)11-21)20-9-7-13(8-10-20)17(22-3)23-4/h5-6,11,13,17H,7-10H2,1-4H3. The summed E-state index contributed by atoms with van der Waals surface area (Å²) in [7, 11) is 4.85. The first-order chi connectivity index (χ1) is 11.0. The van der Waals surface area contributed by atoms with Crippen LogP contribution in [0.25, 0.3) is 0 Å². The average molecular weight is 324 g/mol. The molecule has 0 atom stereocenters. The first-order valence-corrected chi connectivity index (χ1v) is 7.81. The maximum Gasteiger partial charge on any atom is 0.213 e. The van der Waals surface area contributed by atoms with Crippen LogP contribution < -0.4 is 9.80 Å². The molecule has 0 N–H and O–H groups in total. The molecular weight excluding hydrogens is 299 g/mol. The molecule has 0 unspecified atom stereocenters. The van der Waals surface area contributed by atoms with Crippen molar-refractivity contribution < 1.29 is 18.7 Å². The van der Waals surface area contributed by atoms with Gasteiger partial charge in [0, 0.05) is 40.3 Å². The molecule has 1 aromatic rings. The molecule has 6 heteroatoms. The van der Waals surface area contributed by atoms with Gasteiger partial charge in [-0.1, -0.05) is 6.07 Å². The largest absolute Gasteiger partial charge is 0.369 e. The minimum atomic E-state index is -0.340. The number of rotatable bonds is 6. The van der Waals surface area contributed by atoms with Crippen molar-refractivity contribution in [3.8, 4) is 0 Å². The molecule has 0 aliphatic carbocycles. The van der Waals surface area contributed by atoms with Gasteiger partial charge >= 0.3 is 0 Å². The molecular formula is C17H25FN2O3. The Hall–Kier alpha value is -1.66. The van der Waals surface area contributed by atoms with Gasteiger partial charge in [-0.2, -0.15) is 0 Å². The van der Waals surface area contributed by atoms with E-state index in [1.54, 1.807) is 34.3 Å². The SMILES string of the molecule is COC(OC)C1CCN(c2ccc(C)c(N(C)C=O)c2F)CC1. The van der Waals surface area contributed by atoms with E-state index in [9.17, 15) is 9.18 Å². The zero-order valence-corrected chi connectivity index (χ0v) is 14.2. The normalized spacial score (nSPS) is 16.0. The zero-order valence-electron chi connectivity index (χ0n) is 14.2. The Labute approximate surface area is 137 Å². The zero-order chi connectivity index (χ0) is 17.0. The number of hydrogen-bond donors (Lipinski definition) is 0. The van der Waals surface area contributed by atoms with Gasteiger partial charge in [0.1, 0.15) is 0 Å². The number of amides is 1.